The van der Waals surface area contributed by atoms with Gasteiger partial charge in [0.1, 0.15) is 11.6 Å². The van der Waals surface area contributed by atoms with Gasteiger partial charge in [0.2, 0.25) is 0 Å². The van der Waals surface area contributed by atoms with Gasteiger partial charge in [-0.2, -0.15) is 0 Å². The van der Waals surface area contributed by atoms with Gasteiger partial charge in [-0.1, -0.05) is 22.0 Å². The van der Waals surface area contributed by atoms with Crippen molar-refractivity contribution in [2.24, 2.45) is 0 Å². The summed E-state index contributed by atoms with van der Waals surface area (Å²) in [7, 11) is 1.85. The largest absolute Gasteiger partial charge is 0.313 e. The van der Waals surface area contributed by atoms with Gasteiger partial charge < -0.3 is 5.32 Å². The molecule has 1 unspecified atom stereocenters. The summed E-state index contributed by atoms with van der Waals surface area (Å²) in [5, 5.41) is 3.21. The van der Waals surface area contributed by atoms with Crippen molar-refractivity contribution in [3.63, 3.8) is 0 Å². The minimum atomic E-state index is -0.539. The molecule has 0 heterocycles. The number of benzene rings is 2. The summed E-state index contributed by atoms with van der Waals surface area (Å²) in [6.45, 7) is 2.02. The van der Waals surface area contributed by atoms with E-state index >= 15 is 0 Å². The van der Waals surface area contributed by atoms with E-state index < -0.39 is 11.6 Å². The second-order valence-corrected chi connectivity index (χ2v) is 5.74. The van der Waals surface area contributed by atoms with Crippen molar-refractivity contribution in [3.8, 4) is 0 Å². The van der Waals surface area contributed by atoms with Gasteiger partial charge in [-0.25, -0.2) is 8.78 Å². The van der Waals surface area contributed by atoms with Crippen LogP contribution in [0.5, 0.6) is 0 Å². The van der Waals surface area contributed by atoms with Crippen LogP contribution in [0.15, 0.2) is 40.9 Å². The first-order chi connectivity index (χ1) is 9.49. The van der Waals surface area contributed by atoms with Gasteiger partial charge in [0.15, 0.2) is 0 Å². The number of halogens is 3. The number of hydrogen-bond acceptors (Lipinski definition) is 1. The van der Waals surface area contributed by atoms with Crippen molar-refractivity contribution >= 4 is 15.9 Å². The summed E-state index contributed by atoms with van der Waals surface area (Å²) in [5.41, 5.74) is 2.90. The maximum Gasteiger partial charge on any atom is 0.126 e. The molecule has 0 aromatic heterocycles. The number of hydrogen-bond donors (Lipinski definition) is 1. The number of rotatable bonds is 4. The smallest absolute Gasteiger partial charge is 0.126 e. The van der Waals surface area contributed by atoms with Crippen LogP contribution >= 0.6 is 15.9 Å². The van der Waals surface area contributed by atoms with Crippen molar-refractivity contribution in [2.75, 3.05) is 7.05 Å². The highest BCUT2D eigenvalue weighted by molar-refractivity contribution is 9.10. The third kappa shape index (κ3) is 3.64. The fourth-order valence-electron chi connectivity index (χ4n) is 2.36. The predicted octanol–water partition coefficient (Wildman–Crippen LogP) is 4.54. The summed E-state index contributed by atoms with van der Waals surface area (Å²) in [6.07, 6.45) is 0.535. The SMILES string of the molecule is CNC(Cc1cc(F)cc(F)c1)c1ccc(Br)cc1C. The highest BCUT2D eigenvalue weighted by Crippen LogP contribution is 2.25. The van der Waals surface area contributed by atoms with Gasteiger partial charge in [-0.15, -0.1) is 0 Å². The van der Waals surface area contributed by atoms with E-state index in [1.54, 1.807) is 0 Å². The number of likely N-dealkylation sites (N-methyl/N-ethyl adjacent to an activating group) is 1. The summed E-state index contributed by atoms with van der Waals surface area (Å²) in [5.74, 6) is -1.08. The van der Waals surface area contributed by atoms with Crippen molar-refractivity contribution in [1.82, 2.24) is 5.32 Å². The van der Waals surface area contributed by atoms with E-state index in [1.165, 1.54) is 12.1 Å². The molecule has 0 spiro atoms. The van der Waals surface area contributed by atoms with Crippen molar-refractivity contribution in [1.29, 1.82) is 0 Å². The normalized spacial score (nSPS) is 12.4. The lowest BCUT2D eigenvalue weighted by molar-refractivity contribution is 0.561. The molecule has 0 aliphatic rings. The number of aryl methyl sites for hydroxylation is 1. The van der Waals surface area contributed by atoms with Crippen LogP contribution in [0.2, 0.25) is 0 Å². The maximum atomic E-state index is 13.3. The third-order valence-corrected chi connectivity index (χ3v) is 3.81. The van der Waals surface area contributed by atoms with Crippen molar-refractivity contribution in [3.05, 3.63) is 69.2 Å². The van der Waals surface area contributed by atoms with Crippen LogP contribution in [-0.2, 0) is 6.42 Å². The molecule has 0 aliphatic carbocycles. The van der Waals surface area contributed by atoms with Crippen LogP contribution in [0.4, 0.5) is 8.78 Å². The van der Waals surface area contributed by atoms with Crippen molar-refractivity contribution in [2.45, 2.75) is 19.4 Å². The summed E-state index contributed by atoms with van der Waals surface area (Å²) in [6, 6.07) is 9.69. The average molecular weight is 340 g/mol. The van der Waals surface area contributed by atoms with Crippen LogP contribution < -0.4 is 5.32 Å². The molecule has 1 atom stereocenters. The van der Waals surface area contributed by atoms with Crippen LogP contribution in [-0.4, -0.2) is 7.05 Å². The van der Waals surface area contributed by atoms with Crippen LogP contribution in [0.1, 0.15) is 22.7 Å². The average Bonchev–Trinajstić information content (AvgIpc) is 2.35. The Hall–Kier alpha value is -1.26. The quantitative estimate of drug-likeness (QED) is 0.862. The predicted molar refractivity (Wildman–Crippen MR) is 80.7 cm³/mol. The molecule has 2 aromatic rings. The van der Waals surface area contributed by atoms with Gasteiger partial charge in [0.25, 0.3) is 0 Å². The fraction of sp³-hybridized carbons (Fsp3) is 0.250. The van der Waals surface area contributed by atoms with Gasteiger partial charge in [0.05, 0.1) is 0 Å². The molecular formula is C16H16BrF2N. The molecule has 0 saturated heterocycles. The number of nitrogens with one attached hydrogen (secondary N) is 1. The molecule has 106 valence electrons. The van der Waals surface area contributed by atoms with Crippen LogP contribution in [0.25, 0.3) is 0 Å². The first-order valence-electron chi connectivity index (χ1n) is 6.38. The maximum absolute atomic E-state index is 13.3. The molecule has 0 saturated carbocycles. The molecule has 4 heteroatoms. The van der Waals surface area contributed by atoms with Gasteiger partial charge >= 0.3 is 0 Å². The zero-order chi connectivity index (χ0) is 14.7. The molecule has 0 radical (unpaired) electrons. The van der Waals surface area contributed by atoms with Gasteiger partial charge in [-0.3, -0.25) is 0 Å². The second kappa shape index (κ2) is 6.46. The molecule has 0 fully saturated rings. The highest BCUT2D eigenvalue weighted by Gasteiger charge is 2.14. The highest BCUT2D eigenvalue weighted by atomic mass is 79.9. The first-order valence-corrected chi connectivity index (χ1v) is 7.17. The molecular weight excluding hydrogens is 324 g/mol. The topological polar surface area (TPSA) is 12.0 Å². The Morgan fingerprint density at radius 3 is 2.30 bits per heavy atom. The Morgan fingerprint density at radius 2 is 1.75 bits per heavy atom. The first kappa shape index (κ1) is 15.1. The van der Waals surface area contributed by atoms with Crippen LogP contribution in [0, 0.1) is 18.6 Å². The molecule has 1 N–H and O–H groups in total. The van der Waals surface area contributed by atoms with E-state index in [4.69, 9.17) is 0 Å². The van der Waals surface area contributed by atoms with Crippen LogP contribution in [0.3, 0.4) is 0 Å². The van der Waals surface area contributed by atoms with Gasteiger partial charge in [0, 0.05) is 16.6 Å². The van der Waals surface area contributed by atoms with E-state index in [2.05, 4.69) is 21.2 Å². The Labute approximate surface area is 126 Å². The zero-order valence-corrected chi connectivity index (χ0v) is 13.0. The minimum Gasteiger partial charge on any atom is -0.313 e. The lowest BCUT2D eigenvalue weighted by Gasteiger charge is -2.19. The Kier molecular flexibility index (Phi) is 4.89. The fourth-order valence-corrected chi connectivity index (χ4v) is 2.84. The van der Waals surface area contributed by atoms with E-state index in [-0.39, 0.29) is 6.04 Å². The third-order valence-electron chi connectivity index (χ3n) is 3.32. The Balaban J connectivity index is 2.28. The molecule has 0 aliphatic heterocycles. The van der Waals surface area contributed by atoms with Gasteiger partial charge in [-0.05, 0) is 61.3 Å². The zero-order valence-electron chi connectivity index (χ0n) is 11.4. The molecule has 0 bridgehead atoms. The van der Waals surface area contributed by atoms with E-state index in [0.29, 0.717) is 12.0 Å². The summed E-state index contributed by atoms with van der Waals surface area (Å²) < 4.78 is 27.5. The molecule has 2 aromatic carbocycles. The standard InChI is InChI=1S/C16H16BrF2N/c1-10-5-12(17)3-4-15(10)16(20-2)8-11-6-13(18)9-14(19)7-11/h3-7,9,16,20H,8H2,1-2H3. The summed E-state index contributed by atoms with van der Waals surface area (Å²) in [4.78, 5) is 0. The van der Waals surface area contributed by atoms with Crippen molar-refractivity contribution < 1.29 is 8.78 Å². The van der Waals surface area contributed by atoms with E-state index in [9.17, 15) is 8.78 Å². The lowest BCUT2D eigenvalue weighted by atomic mass is 9.95. The monoisotopic (exact) mass is 339 g/mol. The molecule has 1 nitrogen and oxygen atoms in total. The Bertz CT molecular complexity index is 593. The Morgan fingerprint density at radius 1 is 1.10 bits per heavy atom. The molecule has 0 amide bonds. The molecule has 20 heavy (non-hydrogen) atoms. The molecule has 2 rings (SSSR count). The minimum absolute atomic E-state index is 0.0179. The lowest BCUT2D eigenvalue weighted by Crippen LogP contribution is -2.20. The second-order valence-electron chi connectivity index (χ2n) is 4.82. The van der Waals surface area contributed by atoms with E-state index in [0.717, 1.165) is 21.7 Å². The van der Waals surface area contributed by atoms with E-state index in [1.807, 2.05) is 32.2 Å². The summed E-state index contributed by atoms with van der Waals surface area (Å²) >= 11 is 3.43.